The molecule has 0 aliphatic carbocycles. The molecule has 1 amide bonds. The number of nitrogens with one attached hydrogen (secondary N) is 1. The van der Waals surface area contributed by atoms with E-state index in [-0.39, 0.29) is 12.6 Å². The first-order valence-electron chi connectivity index (χ1n) is 9.41. The number of carbonyl (C=O) groups excluding carboxylic acids is 1. The highest BCUT2D eigenvalue weighted by molar-refractivity contribution is 6.32. The average Bonchev–Trinajstić information content (AvgIpc) is 3.23. The number of carbonyl (C=O) groups is 1. The molecule has 30 heavy (non-hydrogen) atoms. The Hall–Kier alpha value is -3.19. The van der Waals surface area contributed by atoms with Crippen LogP contribution in [0.3, 0.4) is 0 Å². The van der Waals surface area contributed by atoms with Crippen molar-refractivity contribution in [3.63, 3.8) is 0 Å². The quantitative estimate of drug-likeness (QED) is 0.559. The van der Waals surface area contributed by atoms with Gasteiger partial charge in [0, 0.05) is 12.7 Å². The molecule has 1 N–H and O–H groups in total. The van der Waals surface area contributed by atoms with Crippen molar-refractivity contribution >= 4 is 17.5 Å². The van der Waals surface area contributed by atoms with Crippen molar-refractivity contribution in [3.05, 3.63) is 70.5 Å². The van der Waals surface area contributed by atoms with Gasteiger partial charge in [0.25, 0.3) is 5.91 Å². The van der Waals surface area contributed by atoms with Crippen LogP contribution in [-0.4, -0.2) is 36.5 Å². The Bertz CT molecular complexity index is 1020. The zero-order chi connectivity index (χ0) is 21.5. The van der Waals surface area contributed by atoms with Crippen LogP contribution in [0.2, 0.25) is 5.02 Å². The van der Waals surface area contributed by atoms with Gasteiger partial charge in [-0.3, -0.25) is 4.79 Å². The van der Waals surface area contributed by atoms with Crippen LogP contribution >= 0.6 is 11.6 Å². The highest BCUT2D eigenvalue weighted by Crippen LogP contribution is 2.27. The van der Waals surface area contributed by atoms with E-state index in [1.807, 2.05) is 37.3 Å². The van der Waals surface area contributed by atoms with Crippen LogP contribution in [0.4, 0.5) is 0 Å². The monoisotopic (exact) mass is 429 g/mol. The number of hydrogen-bond acceptors (Lipinski definition) is 5. The number of hydrogen-bond donors (Lipinski definition) is 1. The first-order chi connectivity index (χ1) is 14.5. The number of aryl methyl sites for hydroxylation is 1. The average molecular weight is 430 g/mol. The molecule has 1 aromatic heterocycles. The standard InChI is InChI=1S/C22H24ClN3O4/c1-15-4-6-17(23)20(12-15)30-14-26-11-9-18(25-26)22(27)24-10-8-16-5-7-19(28-2)21(13-16)29-3/h4-7,9,11-13H,8,10,14H2,1-3H3,(H,24,27). The number of aromatic nitrogens is 2. The van der Waals surface area contributed by atoms with Gasteiger partial charge < -0.3 is 19.5 Å². The SMILES string of the molecule is COc1ccc(CCNC(=O)c2ccn(COc3cc(C)ccc3Cl)n2)cc1OC. The number of benzene rings is 2. The molecule has 0 atom stereocenters. The largest absolute Gasteiger partial charge is 0.493 e. The summed E-state index contributed by atoms with van der Waals surface area (Å²) >= 11 is 6.13. The molecule has 0 radical (unpaired) electrons. The van der Waals surface area contributed by atoms with Crippen molar-refractivity contribution in [1.82, 2.24) is 15.1 Å². The van der Waals surface area contributed by atoms with Crippen molar-refractivity contribution in [2.45, 2.75) is 20.1 Å². The normalized spacial score (nSPS) is 10.5. The summed E-state index contributed by atoms with van der Waals surface area (Å²) in [5.41, 5.74) is 2.40. The van der Waals surface area contributed by atoms with Gasteiger partial charge in [-0.2, -0.15) is 5.10 Å². The zero-order valence-corrected chi connectivity index (χ0v) is 17.9. The molecule has 1 heterocycles. The Balaban J connectivity index is 1.51. The fourth-order valence-electron chi connectivity index (χ4n) is 2.86. The fourth-order valence-corrected chi connectivity index (χ4v) is 3.03. The van der Waals surface area contributed by atoms with Crippen LogP contribution in [0.25, 0.3) is 0 Å². The summed E-state index contributed by atoms with van der Waals surface area (Å²) in [5.74, 6) is 1.66. The highest BCUT2D eigenvalue weighted by atomic mass is 35.5. The minimum Gasteiger partial charge on any atom is -0.493 e. The van der Waals surface area contributed by atoms with Crippen molar-refractivity contribution in [2.24, 2.45) is 0 Å². The summed E-state index contributed by atoms with van der Waals surface area (Å²) < 4.78 is 17.8. The third-order valence-corrected chi connectivity index (χ3v) is 4.77. The van der Waals surface area contributed by atoms with Crippen molar-refractivity contribution in [1.29, 1.82) is 0 Å². The molecular formula is C22H24ClN3O4. The van der Waals surface area contributed by atoms with E-state index in [9.17, 15) is 4.79 Å². The summed E-state index contributed by atoms with van der Waals surface area (Å²) in [5, 5.41) is 7.65. The second-order valence-electron chi connectivity index (χ2n) is 6.64. The molecule has 0 aliphatic rings. The number of ether oxygens (including phenoxy) is 3. The van der Waals surface area contributed by atoms with Crippen LogP contribution in [0.5, 0.6) is 17.2 Å². The summed E-state index contributed by atoms with van der Waals surface area (Å²) in [4.78, 5) is 12.4. The van der Waals surface area contributed by atoms with E-state index in [0.717, 1.165) is 11.1 Å². The van der Waals surface area contributed by atoms with Crippen LogP contribution in [0, 0.1) is 6.92 Å². The van der Waals surface area contributed by atoms with Gasteiger partial charge >= 0.3 is 0 Å². The second-order valence-corrected chi connectivity index (χ2v) is 7.05. The second kappa shape index (κ2) is 10.0. The lowest BCUT2D eigenvalue weighted by Crippen LogP contribution is -2.26. The van der Waals surface area contributed by atoms with E-state index in [4.69, 9.17) is 25.8 Å². The first kappa shape index (κ1) is 21.5. The lowest BCUT2D eigenvalue weighted by molar-refractivity contribution is 0.0947. The van der Waals surface area contributed by atoms with Crippen molar-refractivity contribution < 1.29 is 19.0 Å². The van der Waals surface area contributed by atoms with E-state index in [2.05, 4.69) is 10.4 Å². The summed E-state index contributed by atoms with van der Waals surface area (Å²) in [6, 6.07) is 12.9. The molecular weight excluding hydrogens is 406 g/mol. The molecule has 0 saturated heterocycles. The number of methoxy groups -OCH3 is 2. The van der Waals surface area contributed by atoms with E-state index in [0.29, 0.717) is 40.9 Å². The van der Waals surface area contributed by atoms with E-state index in [1.165, 1.54) is 0 Å². The first-order valence-corrected chi connectivity index (χ1v) is 9.79. The molecule has 2 aromatic carbocycles. The third-order valence-electron chi connectivity index (χ3n) is 4.46. The Kier molecular flexibility index (Phi) is 7.19. The van der Waals surface area contributed by atoms with Gasteiger partial charge in [0.05, 0.1) is 19.2 Å². The molecule has 0 bridgehead atoms. The lowest BCUT2D eigenvalue weighted by atomic mass is 10.1. The molecule has 0 spiro atoms. The molecule has 158 valence electrons. The van der Waals surface area contributed by atoms with Crippen LogP contribution in [0.1, 0.15) is 21.6 Å². The third kappa shape index (κ3) is 5.45. The highest BCUT2D eigenvalue weighted by Gasteiger charge is 2.10. The van der Waals surface area contributed by atoms with Crippen LogP contribution < -0.4 is 19.5 Å². The van der Waals surface area contributed by atoms with E-state index in [1.54, 1.807) is 37.2 Å². The molecule has 7 nitrogen and oxygen atoms in total. The topological polar surface area (TPSA) is 74.6 Å². The minimum absolute atomic E-state index is 0.155. The van der Waals surface area contributed by atoms with E-state index >= 15 is 0 Å². The predicted molar refractivity (Wildman–Crippen MR) is 115 cm³/mol. The summed E-state index contributed by atoms with van der Waals surface area (Å²) in [7, 11) is 3.19. The van der Waals surface area contributed by atoms with E-state index < -0.39 is 0 Å². The molecule has 0 aliphatic heterocycles. The Morgan fingerprint density at radius 1 is 1.07 bits per heavy atom. The maximum Gasteiger partial charge on any atom is 0.271 e. The number of nitrogens with zero attached hydrogens (tertiary/aromatic N) is 2. The maximum absolute atomic E-state index is 12.4. The smallest absolute Gasteiger partial charge is 0.271 e. The predicted octanol–water partition coefficient (Wildman–Crippen LogP) is 3.87. The van der Waals surface area contributed by atoms with Crippen LogP contribution in [0.15, 0.2) is 48.7 Å². The molecule has 8 heteroatoms. The molecule has 3 aromatic rings. The van der Waals surface area contributed by atoms with Gasteiger partial charge in [0.1, 0.15) is 11.4 Å². The Morgan fingerprint density at radius 2 is 1.87 bits per heavy atom. The zero-order valence-electron chi connectivity index (χ0n) is 17.1. The Labute approximate surface area is 180 Å². The van der Waals surface area contributed by atoms with Crippen molar-refractivity contribution in [2.75, 3.05) is 20.8 Å². The van der Waals surface area contributed by atoms with Gasteiger partial charge in [0.15, 0.2) is 18.2 Å². The van der Waals surface area contributed by atoms with Gasteiger partial charge in [-0.1, -0.05) is 23.7 Å². The fraction of sp³-hybridized carbons (Fsp3) is 0.273. The van der Waals surface area contributed by atoms with Crippen molar-refractivity contribution in [3.8, 4) is 17.2 Å². The molecule has 0 saturated carbocycles. The molecule has 0 fully saturated rings. The summed E-state index contributed by atoms with van der Waals surface area (Å²) in [6.07, 6.45) is 2.34. The van der Waals surface area contributed by atoms with Gasteiger partial charge in [-0.05, 0) is 54.8 Å². The molecule has 0 unspecified atom stereocenters. The van der Waals surface area contributed by atoms with Gasteiger partial charge in [-0.25, -0.2) is 4.68 Å². The number of rotatable bonds is 9. The lowest BCUT2D eigenvalue weighted by Gasteiger charge is -2.10. The molecule has 3 rings (SSSR count). The maximum atomic E-state index is 12.4. The minimum atomic E-state index is -0.247. The number of amides is 1. The van der Waals surface area contributed by atoms with Gasteiger partial charge in [0.2, 0.25) is 0 Å². The number of halogens is 1. The van der Waals surface area contributed by atoms with Crippen LogP contribution in [-0.2, 0) is 13.2 Å². The Morgan fingerprint density at radius 3 is 2.63 bits per heavy atom. The van der Waals surface area contributed by atoms with Gasteiger partial charge in [-0.15, -0.1) is 0 Å². The summed E-state index contributed by atoms with van der Waals surface area (Å²) in [6.45, 7) is 2.58.